The summed E-state index contributed by atoms with van der Waals surface area (Å²) in [5, 5.41) is 0.706. The molecular formula is C13H19ClN2Si. The maximum atomic E-state index is 5.83. The summed E-state index contributed by atoms with van der Waals surface area (Å²) in [6.45, 7) is 13.1. The van der Waals surface area contributed by atoms with E-state index in [0.29, 0.717) is 10.8 Å². The molecule has 92 valence electrons. The Hall–Kier alpha value is -0.853. The second-order valence-electron chi connectivity index (χ2n) is 5.76. The molecule has 4 heteroatoms. The van der Waals surface area contributed by atoms with Crippen molar-refractivity contribution in [2.24, 2.45) is 0 Å². The molecule has 1 rings (SSSR count). The number of aromatic nitrogens is 2. The Kier molecular flexibility index (Phi) is 4.01. The SMILES string of the molecule is Cc1nc(C#C[Si](C)(C)C(C)(C)C)cnc1Cl. The smallest absolute Gasteiger partial charge is 0.150 e. The van der Waals surface area contributed by atoms with E-state index in [0.717, 1.165) is 5.69 Å². The largest absolute Gasteiger partial charge is 0.240 e. The molecule has 2 nitrogen and oxygen atoms in total. The summed E-state index contributed by atoms with van der Waals surface area (Å²) in [7, 11) is -1.58. The lowest BCUT2D eigenvalue weighted by atomic mass is 10.2. The van der Waals surface area contributed by atoms with Crippen LogP contribution >= 0.6 is 11.6 Å². The van der Waals surface area contributed by atoms with Crippen LogP contribution in [0.1, 0.15) is 32.2 Å². The van der Waals surface area contributed by atoms with E-state index >= 15 is 0 Å². The van der Waals surface area contributed by atoms with Crippen LogP contribution in [0.15, 0.2) is 6.20 Å². The Labute approximate surface area is 110 Å². The van der Waals surface area contributed by atoms with Gasteiger partial charge >= 0.3 is 0 Å². The average Bonchev–Trinajstić information content (AvgIpc) is 2.18. The Bertz CT molecular complexity index is 478. The zero-order valence-electron chi connectivity index (χ0n) is 11.3. The number of rotatable bonds is 0. The van der Waals surface area contributed by atoms with Crippen LogP contribution in [0, 0.1) is 18.4 Å². The first kappa shape index (κ1) is 14.2. The Morgan fingerprint density at radius 2 is 1.88 bits per heavy atom. The number of halogens is 1. The molecule has 17 heavy (non-hydrogen) atoms. The minimum atomic E-state index is -1.58. The molecule has 0 spiro atoms. The van der Waals surface area contributed by atoms with Crippen LogP contribution in [-0.2, 0) is 0 Å². The van der Waals surface area contributed by atoms with Crippen LogP contribution in [0.2, 0.25) is 23.3 Å². The van der Waals surface area contributed by atoms with Crippen LogP contribution in [0.25, 0.3) is 0 Å². The van der Waals surface area contributed by atoms with Crippen molar-refractivity contribution in [3.05, 3.63) is 22.7 Å². The van der Waals surface area contributed by atoms with Crippen LogP contribution in [-0.4, -0.2) is 18.0 Å². The average molecular weight is 267 g/mol. The zero-order valence-corrected chi connectivity index (χ0v) is 13.1. The van der Waals surface area contributed by atoms with Crippen molar-refractivity contribution < 1.29 is 0 Å². The molecule has 0 atom stereocenters. The third-order valence-electron chi connectivity index (χ3n) is 3.26. The summed E-state index contributed by atoms with van der Waals surface area (Å²) < 4.78 is 0. The molecule has 0 unspecified atom stereocenters. The zero-order chi connectivity index (χ0) is 13.3. The van der Waals surface area contributed by atoms with Gasteiger partial charge in [0.05, 0.1) is 11.9 Å². The van der Waals surface area contributed by atoms with E-state index < -0.39 is 8.07 Å². The summed E-state index contributed by atoms with van der Waals surface area (Å²) in [4.78, 5) is 8.37. The van der Waals surface area contributed by atoms with Gasteiger partial charge in [0.1, 0.15) is 18.9 Å². The molecular weight excluding hydrogens is 248 g/mol. The predicted molar refractivity (Wildman–Crippen MR) is 75.9 cm³/mol. The van der Waals surface area contributed by atoms with Gasteiger partial charge in [-0.05, 0) is 12.0 Å². The molecule has 0 saturated heterocycles. The van der Waals surface area contributed by atoms with E-state index in [2.05, 4.69) is 55.3 Å². The summed E-state index contributed by atoms with van der Waals surface area (Å²) in [6.07, 6.45) is 1.63. The molecule has 0 aliphatic carbocycles. The highest BCUT2D eigenvalue weighted by Gasteiger charge is 2.33. The molecule has 0 bridgehead atoms. The predicted octanol–water partition coefficient (Wildman–Crippen LogP) is 3.84. The van der Waals surface area contributed by atoms with Crippen molar-refractivity contribution in [1.82, 2.24) is 9.97 Å². The van der Waals surface area contributed by atoms with Gasteiger partial charge in [-0.3, -0.25) is 0 Å². The summed E-state index contributed by atoms with van der Waals surface area (Å²) in [5.74, 6) is 3.14. The van der Waals surface area contributed by atoms with Gasteiger partial charge in [0.25, 0.3) is 0 Å². The second-order valence-corrected chi connectivity index (χ2v) is 11.1. The van der Waals surface area contributed by atoms with E-state index in [1.807, 2.05) is 6.92 Å². The van der Waals surface area contributed by atoms with Gasteiger partial charge in [-0.1, -0.05) is 51.4 Å². The standard InChI is InChI=1S/C13H19ClN2Si/c1-10-12(14)15-9-11(16-10)7-8-17(5,6)13(2,3)4/h9H,1-6H3. The summed E-state index contributed by atoms with van der Waals surface area (Å²) >= 11 is 5.83. The van der Waals surface area contributed by atoms with Gasteiger partial charge < -0.3 is 0 Å². The molecule has 0 aliphatic heterocycles. The number of hydrogen-bond acceptors (Lipinski definition) is 2. The molecule has 0 saturated carbocycles. The molecule has 1 heterocycles. The number of hydrogen-bond donors (Lipinski definition) is 0. The molecule has 0 aromatic carbocycles. The molecule has 1 aromatic heterocycles. The topological polar surface area (TPSA) is 25.8 Å². The fourth-order valence-corrected chi connectivity index (χ4v) is 1.84. The highest BCUT2D eigenvalue weighted by atomic mass is 35.5. The first-order valence-corrected chi connectivity index (χ1v) is 9.03. The van der Waals surface area contributed by atoms with Crippen LogP contribution in [0.4, 0.5) is 0 Å². The Balaban J connectivity index is 3.04. The fourth-order valence-electron chi connectivity index (χ4n) is 0.935. The molecule has 0 fully saturated rings. The van der Waals surface area contributed by atoms with Gasteiger partial charge in [0.2, 0.25) is 0 Å². The van der Waals surface area contributed by atoms with Gasteiger partial charge in [0, 0.05) is 0 Å². The van der Waals surface area contributed by atoms with Crippen molar-refractivity contribution in [3.63, 3.8) is 0 Å². The van der Waals surface area contributed by atoms with Crippen LogP contribution in [0.3, 0.4) is 0 Å². The first-order valence-electron chi connectivity index (χ1n) is 5.66. The van der Waals surface area contributed by atoms with Crippen molar-refractivity contribution in [2.45, 2.75) is 45.8 Å². The Morgan fingerprint density at radius 3 is 2.35 bits per heavy atom. The van der Waals surface area contributed by atoms with Gasteiger partial charge in [-0.25, -0.2) is 9.97 Å². The number of aryl methyl sites for hydroxylation is 1. The maximum Gasteiger partial charge on any atom is 0.150 e. The third-order valence-corrected chi connectivity index (χ3v) is 8.14. The Morgan fingerprint density at radius 1 is 1.29 bits per heavy atom. The first-order chi connectivity index (χ1) is 7.63. The second kappa shape index (κ2) is 4.79. The summed E-state index contributed by atoms with van der Waals surface area (Å²) in [5.41, 5.74) is 4.84. The quantitative estimate of drug-likeness (QED) is 0.527. The van der Waals surface area contributed by atoms with E-state index in [-0.39, 0.29) is 5.04 Å². The van der Waals surface area contributed by atoms with Gasteiger partial charge in [0.15, 0.2) is 0 Å². The number of nitrogens with zero attached hydrogens (tertiary/aromatic N) is 2. The molecule has 0 aliphatic rings. The minimum Gasteiger partial charge on any atom is -0.240 e. The molecule has 0 radical (unpaired) electrons. The third kappa shape index (κ3) is 3.55. The van der Waals surface area contributed by atoms with E-state index in [1.165, 1.54) is 0 Å². The molecule has 0 N–H and O–H groups in total. The molecule has 1 aromatic rings. The van der Waals surface area contributed by atoms with Crippen LogP contribution < -0.4 is 0 Å². The minimum absolute atomic E-state index is 0.259. The van der Waals surface area contributed by atoms with E-state index in [1.54, 1.807) is 6.20 Å². The van der Waals surface area contributed by atoms with E-state index in [9.17, 15) is 0 Å². The fraction of sp³-hybridized carbons (Fsp3) is 0.538. The highest BCUT2D eigenvalue weighted by Crippen LogP contribution is 2.35. The maximum absolute atomic E-state index is 5.83. The van der Waals surface area contributed by atoms with Gasteiger partial charge in [-0.15, -0.1) is 5.54 Å². The van der Waals surface area contributed by atoms with Crippen molar-refractivity contribution >= 4 is 19.7 Å². The highest BCUT2D eigenvalue weighted by molar-refractivity contribution is 6.87. The van der Waals surface area contributed by atoms with Crippen molar-refractivity contribution in [3.8, 4) is 11.5 Å². The van der Waals surface area contributed by atoms with Crippen molar-refractivity contribution in [1.29, 1.82) is 0 Å². The lowest BCUT2D eigenvalue weighted by molar-refractivity contribution is 0.731. The summed E-state index contributed by atoms with van der Waals surface area (Å²) in [6, 6.07) is 0. The monoisotopic (exact) mass is 266 g/mol. The van der Waals surface area contributed by atoms with Gasteiger partial charge in [-0.2, -0.15) is 0 Å². The molecule has 0 amide bonds. The van der Waals surface area contributed by atoms with Crippen molar-refractivity contribution in [2.75, 3.05) is 0 Å². The normalized spacial score (nSPS) is 11.9. The lowest BCUT2D eigenvalue weighted by Gasteiger charge is -2.31. The van der Waals surface area contributed by atoms with Crippen LogP contribution in [0.5, 0.6) is 0 Å². The lowest BCUT2D eigenvalue weighted by Crippen LogP contribution is -2.35. The van der Waals surface area contributed by atoms with E-state index in [4.69, 9.17) is 11.6 Å².